The van der Waals surface area contributed by atoms with E-state index < -0.39 is 0 Å². The van der Waals surface area contributed by atoms with Gasteiger partial charge in [0.1, 0.15) is 5.75 Å². The van der Waals surface area contributed by atoms with Gasteiger partial charge in [-0.1, -0.05) is 18.6 Å². The molecular formula is C25H41N5O2. The highest BCUT2D eigenvalue weighted by atomic mass is 16.5. The molecule has 1 aliphatic heterocycles. The van der Waals surface area contributed by atoms with Crippen molar-refractivity contribution in [3.63, 3.8) is 0 Å². The summed E-state index contributed by atoms with van der Waals surface area (Å²) in [5, 5.41) is 9.70. The second kappa shape index (κ2) is 13.3. The van der Waals surface area contributed by atoms with Gasteiger partial charge in [-0.15, -0.1) is 0 Å². The number of benzene rings is 1. The van der Waals surface area contributed by atoms with Crippen LogP contribution in [0.3, 0.4) is 0 Å². The smallest absolute Gasteiger partial charge is 0.258 e. The van der Waals surface area contributed by atoms with Gasteiger partial charge >= 0.3 is 0 Å². The number of carbonyl (C=O) groups is 1. The largest absolute Gasteiger partial charge is 0.484 e. The van der Waals surface area contributed by atoms with Crippen LogP contribution in [0.4, 0.5) is 0 Å². The fourth-order valence-electron chi connectivity index (χ4n) is 4.02. The Morgan fingerprint density at radius 1 is 1.16 bits per heavy atom. The summed E-state index contributed by atoms with van der Waals surface area (Å²) < 4.78 is 5.57. The van der Waals surface area contributed by atoms with E-state index in [1.54, 1.807) is 0 Å². The molecule has 0 bridgehead atoms. The molecule has 1 aromatic rings. The number of carbonyl (C=O) groups excluding carboxylic acids is 1. The molecule has 3 N–H and O–H groups in total. The molecule has 1 heterocycles. The highest BCUT2D eigenvalue weighted by Crippen LogP contribution is 2.18. The molecule has 1 amide bonds. The van der Waals surface area contributed by atoms with Gasteiger partial charge in [-0.3, -0.25) is 9.79 Å². The average Bonchev–Trinajstić information content (AvgIpc) is 3.61. The minimum Gasteiger partial charge on any atom is -0.484 e. The molecule has 2 fully saturated rings. The topological polar surface area (TPSA) is 78.0 Å². The van der Waals surface area contributed by atoms with Crippen molar-refractivity contribution in [3.05, 3.63) is 29.8 Å². The molecule has 1 saturated heterocycles. The molecule has 1 unspecified atom stereocenters. The first-order valence-corrected chi connectivity index (χ1v) is 12.4. The van der Waals surface area contributed by atoms with E-state index in [9.17, 15) is 4.79 Å². The minimum absolute atomic E-state index is 0.0403. The summed E-state index contributed by atoms with van der Waals surface area (Å²) >= 11 is 0. The molecule has 2 aliphatic rings. The van der Waals surface area contributed by atoms with E-state index in [4.69, 9.17) is 9.73 Å². The molecule has 0 aromatic heterocycles. The fraction of sp³-hybridized carbons (Fsp3) is 0.680. The Balaban J connectivity index is 1.33. The van der Waals surface area contributed by atoms with E-state index in [1.165, 1.54) is 31.4 Å². The van der Waals surface area contributed by atoms with Gasteiger partial charge in [0.15, 0.2) is 12.6 Å². The van der Waals surface area contributed by atoms with Gasteiger partial charge in [-0.25, -0.2) is 0 Å². The Morgan fingerprint density at radius 3 is 2.69 bits per heavy atom. The lowest BCUT2D eigenvalue weighted by atomic mass is 10.0. The first-order chi connectivity index (χ1) is 15.6. The maximum atomic E-state index is 11.7. The molecular weight excluding hydrogens is 402 g/mol. The van der Waals surface area contributed by atoms with E-state index in [0.717, 1.165) is 69.6 Å². The molecule has 7 heteroatoms. The summed E-state index contributed by atoms with van der Waals surface area (Å²) in [5.74, 6) is 1.58. The van der Waals surface area contributed by atoms with Gasteiger partial charge < -0.3 is 25.6 Å². The maximum Gasteiger partial charge on any atom is 0.258 e. The molecule has 1 aliphatic carbocycles. The Labute approximate surface area is 193 Å². The van der Waals surface area contributed by atoms with E-state index in [0.29, 0.717) is 6.04 Å². The van der Waals surface area contributed by atoms with Crippen LogP contribution < -0.4 is 20.7 Å². The third-order valence-electron chi connectivity index (χ3n) is 6.10. The van der Waals surface area contributed by atoms with Gasteiger partial charge in [0.2, 0.25) is 0 Å². The lowest BCUT2D eigenvalue weighted by molar-refractivity contribution is -0.123. The van der Waals surface area contributed by atoms with Crippen LogP contribution in [-0.2, 0) is 11.2 Å². The fourth-order valence-corrected chi connectivity index (χ4v) is 4.02. The second-order valence-corrected chi connectivity index (χ2v) is 8.95. The van der Waals surface area contributed by atoms with E-state index >= 15 is 0 Å². The van der Waals surface area contributed by atoms with Crippen LogP contribution in [-0.4, -0.2) is 68.2 Å². The van der Waals surface area contributed by atoms with Crippen molar-refractivity contribution >= 4 is 11.9 Å². The third kappa shape index (κ3) is 9.07. The van der Waals surface area contributed by atoms with Crippen molar-refractivity contribution in [1.29, 1.82) is 0 Å². The summed E-state index contributed by atoms with van der Waals surface area (Å²) in [5.41, 5.74) is 1.22. The van der Waals surface area contributed by atoms with Crippen molar-refractivity contribution < 1.29 is 9.53 Å². The number of piperidine rings is 1. The lowest BCUT2D eigenvalue weighted by Crippen LogP contribution is -2.39. The predicted octanol–water partition coefficient (Wildman–Crippen LogP) is 2.71. The lowest BCUT2D eigenvalue weighted by Gasteiger charge is -2.33. The highest BCUT2D eigenvalue weighted by molar-refractivity contribution is 5.79. The molecule has 178 valence electrons. The standard InChI is InChI=1S/C25H41N5O2/c1-3-26-25(27-15-6-18-30-17-5-4-7-20(30)2)28-16-14-21-8-12-23(13-9-21)32-19-24(31)29-22-10-11-22/h8-9,12-13,20,22H,3-7,10-11,14-19H2,1-2H3,(H,29,31)(H2,26,27,28). The zero-order valence-electron chi connectivity index (χ0n) is 19.9. The minimum atomic E-state index is -0.0403. The number of hydrogen-bond acceptors (Lipinski definition) is 4. The van der Waals surface area contributed by atoms with E-state index in [2.05, 4.69) is 46.8 Å². The number of likely N-dealkylation sites (tertiary alicyclic amines) is 1. The van der Waals surface area contributed by atoms with Crippen LogP contribution >= 0.6 is 0 Å². The van der Waals surface area contributed by atoms with Crippen LogP contribution in [0, 0.1) is 0 Å². The zero-order chi connectivity index (χ0) is 22.6. The van der Waals surface area contributed by atoms with Gasteiger partial charge in [0, 0.05) is 38.3 Å². The van der Waals surface area contributed by atoms with Crippen molar-refractivity contribution in [2.75, 3.05) is 39.3 Å². The Morgan fingerprint density at radius 2 is 1.97 bits per heavy atom. The number of hydrogen-bond donors (Lipinski definition) is 3. The first kappa shape index (κ1) is 24.4. The van der Waals surface area contributed by atoms with Crippen molar-refractivity contribution in [1.82, 2.24) is 20.9 Å². The number of rotatable bonds is 12. The SMILES string of the molecule is CCNC(=NCCCN1CCCCC1C)NCCc1ccc(OCC(=O)NC2CC2)cc1. The van der Waals surface area contributed by atoms with Crippen LogP contribution in [0.15, 0.2) is 29.3 Å². The second-order valence-electron chi connectivity index (χ2n) is 8.95. The van der Waals surface area contributed by atoms with Crippen LogP contribution in [0.25, 0.3) is 0 Å². The Kier molecular flexibility index (Phi) is 10.1. The zero-order valence-corrected chi connectivity index (χ0v) is 19.9. The molecule has 1 aromatic carbocycles. The third-order valence-corrected chi connectivity index (χ3v) is 6.10. The number of aliphatic imine (C=N–C) groups is 1. The number of amides is 1. The number of nitrogens with zero attached hydrogens (tertiary/aromatic N) is 2. The van der Waals surface area contributed by atoms with Crippen molar-refractivity contribution in [2.24, 2.45) is 4.99 Å². The summed E-state index contributed by atoms with van der Waals surface area (Å²) in [6, 6.07) is 9.06. The molecule has 3 rings (SSSR count). The molecule has 0 spiro atoms. The summed E-state index contributed by atoms with van der Waals surface area (Å²) in [6.07, 6.45) is 8.22. The van der Waals surface area contributed by atoms with E-state index in [-0.39, 0.29) is 12.5 Å². The van der Waals surface area contributed by atoms with Crippen LogP contribution in [0.1, 0.15) is 57.9 Å². The molecule has 32 heavy (non-hydrogen) atoms. The van der Waals surface area contributed by atoms with Crippen molar-refractivity contribution in [2.45, 2.75) is 70.9 Å². The van der Waals surface area contributed by atoms with E-state index in [1.807, 2.05) is 12.1 Å². The molecule has 7 nitrogen and oxygen atoms in total. The first-order valence-electron chi connectivity index (χ1n) is 12.4. The molecule has 1 atom stereocenters. The van der Waals surface area contributed by atoms with Gasteiger partial charge in [0.25, 0.3) is 5.91 Å². The number of nitrogens with one attached hydrogen (secondary N) is 3. The quantitative estimate of drug-likeness (QED) is 0.263. The number of ether oxygens (including phenoxy) is 1. The van der Waals surface area contributed by atoms with Crippen LogP contribution in [0.5, 0.6) is 5.75 Å². The monoisotopic (exact) mass is 443 g/mol. The normalized spacial score (nSPS) is 19.4. The van der Waals surface area contributed by atoms with Crippen LogP contribution in [0.2, 0.25) is 0 Å². The van der Waals surface area contributed by atoms with Gasteiger partial charge in [-0.2, -0.15) is 0 Å². The van der Waals surface area contributed by atoms with Gasteiger partial charge in [0.05, 0.1) is 0 Å². The average molecular weight is 444 g/mol. The maximum absolute atomic E-state index is 11.7. The highest BCUT2D eigenvalue weighted by Gasteiger charge is 2.23. The van der Waals surface area contributed by atoms with Gasteiger partial charge in [-0.05, 0) is 76.6 Å². The summed E-state index contributed by atoms with van der Waals surface area (Å²) in [7, 11) is 0. The predicted molar refractivity (Wildman–Crippen MR) is 130 cm³/mol. The van der Waals surface area contributed by atoms with Crippen molar-refractivity contribution in [3.8, 4) is 5.75 Å². The molecule has 0 radical (unpaired) electrons. The Bertz CT molecular complexity index is 718. The summed E-state index contributed by atoms with van der Waals surface area (Å²) in [4.78, 5) is 19.1. The summed E-state index contributed by atoms with van der Waals surface area (Å²) in [6.45, 7) is 9.42. The number of guanidine groups is 1. The Hall–Kier alpha value is -2.28. The molecule has 1 saturated carbocycles.